The SMILES string of the molecule is Cc1cnc(CNc2cnc(C(=O)O)cn2)s1. The predicted molar refractivity (Wildman–Crippen MR) is 63.2 cm³/mol. The van der Waals surface area contributed by atoms with E-state index in [1.807, 2.05) is 6.92 Å². The van der Waals surface area contributed by atoms with Gasteiger partial charge in [-0.25, -0.2) is 19.7 Å². The zero-order chi connectivity index (χ0) is 12.3. The Morgan fingerprint density at radius 3 is 2.71 bits per heavy atom. The summed E-state index contributed by atoms with van der Waals surface area (Å²) in [7, 11) is 0. The Morgan fingerprint density at radius 1 is 1.35 bits per heavy atom. The fraction of sp³-hybridized carbons (Fsp3) is 0.200. The largest absolute Gasteiger partial charge is 0.476 e. The highest BCUT2D eigenvalue weighted by Gasteiger charge is 2.05. The summed E-state index contributed by atoms with van der Waals surface area (Å²) in [6.07, 6.45) is 4.42. The van der Waals surface area contributed by atoms with Gasteiger partial charge in [0.05, 0.1) is 18.9 Å². The molecule has 0 aromatic carbocycles. The van der Waals surface area contributed by atoms with Gasteiger partial charge in [0.25, 0.3) is 0 Å². The van der Waals surface area contributed by atoms with Crippen LogP contribution in [-0.4, -0.2) is 26.0 Å². The number of nitrogens with one attached hydrogen (secondary N) is 1. The fourth-order valence-electron chi connectivity index (χ4n) is 1.18. The van der Waals surface area contributed by atoms with Crippen molar-refractivity contribution in [3.05, 3.63) is 34.2 Å². The molecule has 7 heteroatoms. The van der Waals surface area contributed by atoms with E-state index in [0.29, 0.717) is 12.4 Å². The van der Waals surface area contributed by atoms with Gasteiger partial charge in [0.15, 0.2) is 5.69 Å². The lowest BCUT2D eigenvalue weighted by Crippen LogP contribution is -2.05. The van der Waals surface area contributed by atoms with E-state index in [-0.39, 0.29) is 5.69 Å². The second-order valence-corrected chi connectivity index (χ2v) is 4.63. The third-order valence-corrected chi connectivity index (χ3v) is 2.87. The smallest absolute Gasteiger partial charge is 0.356 e. The summed E-state index contributed by atoms with van der Waals surface area (Å²) in [6.45, 7) is 2.54. The second-order valence-electron chi connectivity index (χ2n) is 3.31. The Morgan fingerprint density at radius 2 is 2.18 bits per heavy atom. The molecule has 0 atom stereocenters. The van der Waals surface area contributed by atoms with Gasteiger partial charge < -0.3 is 10.4 Å². The lowest BCUT2D eigenvalue weighted by Gasteiger charge is -2.02. The molecule has 0 unspecified atom stereocenters. The molecule has 0 saturated carbocycles. The van der Waals surface area contributed by atoms with Crippen molar-refractivity contribution in [1.82, 2.24) is 15.0 Å². The Kier molecular flexibility index (Phi) is 3.29. The first kappa shape index (κ1) is 11.5. The summed E-state index contributed by atoms with van der Waals surface area (Å²) in [5.41, 5.74) is -0.0688. The second kappa shape index (κ2) is 4.88. The number of aromatic nitrogens is 3. The molecule has 17 heavy (non-hydrogen) atoms. The van der Waals surface area contributed by atoms with E-state index in [0.717, 1.165) is 9.88 Å². The van der Waals surface area contributed by atoms with Gasteiger partial charge in [-0.1, -0.05) is 0 Å². The number of rotatable bonds is 4. The van der Waals surface area contributed by atoms with Crippen LogP contribution in [0, 0.1) is 6.92 Å². The van der Waals surface area contributed by atoms with Gasteiger partial charge in [-0.15, -0.1) is 11.3 Å². The number of nitrogens with zero attached hydrogens (tertiary/aromatic N) is 3. The summed E-state index contributed by atoms with van der Waals surface area (Å²) in [4.78, 5) is 23.6. The van der Waals surface area contributed by atoms with E-state index < -0.39 is 5.97 Å². The van der Waals surface area contributed by atoms with Crippen molar-refractivity contribution in [3.63, 3.8) is 0 Å². The Hall–Kier alpha value is -2.02. The molecule has 0 radical (unpaired) electrons. The molecule has 0 saturated heterocycles. The predicted octanol–water partition coefficient (Wildman–Crippen LogP) is 1.55. The lowest BCUT2D eigenvalue weighted by molar-refractivity contribution is 0.0690. The number of carboxylic acids is 1. The number of carbonyl (C=O) groups is 1. The molecule has 2 aromatic rings. The highest BCUT2D eigenvalue weighted by atomic mass is 32.1. The van der Waals surface area contributed by atoms with Crippen molar-refractivity contribution in [3.8, 4) is 0 Å². The zero-order valence-corrected chi connectivity index (χ0v) is 9.86. The number of aryl methyl sites for hydroxylation is 1. The van der Waals surface area contributed by atoms with Crippen LogP contribution >= 0.6 is 11.3 Å². The summed E-state index contributed by atoms with van der Waals surface area (Å²) in [5, 5.41) is 12.6. The Labute approximate surface area is 101 Å². The molecule has 2 N–H and O–H groups in total. The summed E-state index contributed by atoms with van der Waals surface area (Å²) in [5.74, 6) is -0.553. The van der Waals surface area contributed by atoms with Crippen molar-refractivity contribution >= 4 is 23.1 Å². The molecule has 2 heterocycles. The first-order chi connectivity index (χ1) is 8.15. The van der Waals surface area contributed by atoms with Crippen LogP contribution in [0.15, 0.2) is 18.6 Å². The molecule has 0 aliphatic carbocycles. The third kappa shape index (κ3) is 2.97. The van der Waals surface area contributed by atoms with Gasteiger partial charge in [-0.2, -0.15) is 0 Å². The molecular formula is C10H10N4O2S. The highest BCUT2D eigenvalue weighted by molar-refractivity contribution is 7.11. The minimum Gasteiger partial charge on any atom is -0.476 e. The average molecular weight is 250 g/mol. The van der Waals surface area contributed by atoms with Gasteiger partial charge in [0.2, 0.25) is 0 Å². The Balaban J connectivity index is 1.97. The van der Waals surface area contributed by atoms with Crippen LogP contribution in [0.25, 0.3) is 0 Å². The molecule has 2 rings (SSSR count). The molecule has 0 fully saturated rings. The summed E-state index contributed by atoms with van der Waals surface area (Å²) in [6, 6.07) is 0. The normalized spacial score (nSPS) is 10.2. The van der Waals surface area contributed by atoms with E-state index in [1.54, 1.807) is 17.5 Å². The summed E-state index contributed by atoms with van der Waals surface area (Å²) >= 11 is 1.60. The van der Waals surface area contributed by atoms with E-state index in [9.17, 15) is 4.79 Å². The number of thiazole rings is 1. The fourth-order valence-corrected chi connectivity index (χ4v) is 1.91. The topological polar surface area (TPSA) is 88.0 Å². The number of hydrogen-bond donors (Lipinski definition) is 2. The van der Waals surface area contributed by atoms with Gasteiger partial charge in [0, 0.05) is 11.1 Å². The van der Waals surface area contributed by atoms with Crippen LogP contribution in [0.1, 0.15) is 20.4 Å². The number of anilines is 1. The van der Waals surface area contributed by atoms with Crippen LogP contribution in [0.4, 0.5) is 5.82 Å². The van der Waals surface area contributed by atoms with Crippen LogP contribution < -0.4 is 5.32 Å². The lowest BCUT2D eigenvalue weighted by atomic mass is 10.4. The van der Waals surface area contributed by atoms with Gasteiger partial charge in [0.1, 0.15) is 10.8 Å². The maximum Gasteiger partial charge on any atom is 0.356 e. The first-order valence-electron chi connectivity index (χ1n) is 4.85. The molecule has 6 nitrogen and oxygen atoms in total. The molecule has 88 valence electrons. The zero-order valence-electron chi connectivity index (χ0n) is 9.04. The monoisotopic (exact) mass is 250 g/mol. The molecule has 0 spiro atoms. The highest BCUT2D eigenvalue weighted by Crippen LogP contribution is 2.12. The van der Waals surface area contributed by atoms with Crippen molar-refractivity contribution in [2.24, 2.45) is 0 Å². The van der Waals surface area contributed by atoms with Crippen molar-refractivity contribution in [2.45, 2.75) is 13.5 Å². The van der Waals surface area contributed by atoms with Gasteiger partial charge in [-0.3, -0.25) is 0 Å². The van der Waals surface area contributed by atoms with Gasteiger partial charge in [-0.05, 0) is 6.92 Å². The molecular weight excluding hydrogens is 240 g/mol. The van der Waals surface area contributed by atoms with E-state index in [1.165, 1.54) is 12.4 Å². The standard InChI is InChI=1S/C10H10N4O2S/c1-6-2-14-9(17-6)5-13-8-4-11-7(3-12-8)10(15)16/h2-4H,5H2,1H3,(H,12,13)(H,15,16). The third-order valence-electron chi connectivity index (χ3n) is 1.96. The van der Waals surface area contributed by atoms with Crippen molar-refractivity contribution in [1.29, 1.82) is 0 Å². The molecule has 0 bridgehead atoms. The van der Waals surface area contributed by atoms with Crippen molar-refractivity contribution in [2.75, 3.05) is 5.32 Å². The molecule has 0 aliphatic rings. The minimum absolute atomic E-state index is 0.0688. The maximum absolute atomic E-state index is 10.6. The average Bonchev–Trinajstić information content (AvgIpc) is 2.73. The maximum atomic E-state index is 10.6. The van der Waals surface area contributed by atoms with Gasteiger partial charge >= 0.3 is 5.97 Å². The van der Waals surface area contributed by atoms with E-state index in [2.05, 4.69) is 20.3 Å². The van der Waals surface area contributed by atoms with Crippen LogP contribution in [0.2, 0.25) is 0 Å². The number of carboxylic acid groups (broad SMARTS) is 1. The van der Waals surface area contributed by atoms with Crippen LogP contribution in [0.5, 0.6) is 0 Å². The van der Waals surface area contributed by atoms with Crippen LogP contribution in [0.3, 0.4) is 0 Å². The van der Waals surface area contributed by atoms with E-state index >= 15 is 0 Å². The quantitative estimate of drug-likeness (QED) is 0.856. The molecule has 0 amide bonds. The number of hydrogen-bond acceptors (Lipinski definition) is 6. The van der Waals surface area contributed by atoms with E-state index in [4.69, 9.17) is 5.11 Å². The minimum atomic E-state index is -1.08. The molecule has 2 aromatic heterocycles. The first-order valence-corrected chi connectivity index (χ1v) is 5.67. The summed E-state index contributed by atoms with van der Waals surface area (Å²) < 4.78 is 0. The van der Waals surface area contributed by atoms with Crippen molar-refractivity contribution < 1.29 is 9.90 Å². The number of aromatic carboxylic acids is 1. The Bertz CT molecular complexity index is 523. The molecule has 0 aliphatic heterocycles. The van der Waals surface area contributed by atoms with Crippen LogP contribution in [-0.2, 0) is 6.54 Å².